The topological polar surface area (TPSA) is 95.5 Å². The molecule has 0 amide bonds. The number of nitro benzene ring substituents is 2. The molecule has 0 aliphatic heterocycles. The largest absolute Gasteiger partial charge is 0.451 e. The Kier molecular flexibility index (Phi) is 5.30. The first-order valence-corrected chi connectivity index (χ1v) is 10.5. The lowest BCUT2D eigenvalue weighted by atomic mass is 10.2. The second-order valence-corrected chi connectivity index (χ2v) is 9.34. The van der Waals surface area contributed by atoms with E-state index in [1.165, 1.54) is 6.07 Å². The first-order valence-electron chi connectivity index (χ1n) is 7.75. The fraction of sp³-hybridized carbons (Fsp3) is 0. The van der Waals surface area contributed by atoms with E-state index in [9.17, 15) is 20.2 Å². The molecule has 0 heterocycles. The Hall–Kier alpha value is -3.09. The lowest BCUT2D eigenvalue weighted by molar-refractivity contribution is -0.394. The molecule has 0 unspecified atom stereocenters. The van der Waals surface area contributed by atoms with Crippen molar-refractivity contribution in [2.75, 3.05) is 0 Å². The van der Waals surface area contributed by atoms with Crippen LogP contribution in [0, 0.1) is 20.2 Å². The van der Waals surface area contributed by atoms with E-state index >= 15 is 0 Å². The van der Waals surface area contributed by atoms with Crippen LogP contribution in [0.5, 0.6) is 5.75 Å². The summed E-state index contributed by atoms with van der Waals surface area (Å²) in [5.74, 6) is -0.0957. The van der Waals surface area contributed by atoms with Crippen molar-refractivity contribution < 1.29 is 14.4 Å². The van der Waals surface area contributed by atoms with E-state index in [-0.39, 0.29) is 11.4 Å². The Balaban J connectivity index is 2.15. The maximum atomic E-state index is 11.4. The molecule has 0 saturated heterocycles. The average molecular weight is 400 g/mol. The summed E-state index contributed by atoms with van der Waals surface area (Å²) in [5.41, 5.74) is -0.882. The van der Waals surface area contributed by atoms with Crippen LogP contribution in [-0.2, 0) is 11.8 Å². The van der Waals surface area contributed by atoms with Crippen LogP contribution in [0.2, 0.25) is 0 Å². The summed E-state index contributed by atoms with van der Waals surface area (Å²) in [6.45, 7) is 0. The van der Waals surface area contributed by atoms with E-state index in [1.807, 2.05) is 60.7 Å². The van der Waals surface area contributed by atoms with Crippen molar-refractivity contribution in [1.82, 2.24) is 0 Å². The van der Waals surface area contributed by atoms with E-state index < -0.39 is 21.8 Å². The molecule has 0 radical (unpaired) electrons. The summed E-state index contributed by atoms with van der Waals surface area (Å²) < 4.78 is 6.06. The second kappa shape index (κ2) is 7.65. The second-order valence-electron chi connectivity index (χ2n) is 5.48. The Morgan fingerprint density at radius 1 is 0.778 bits per heavy atom. The number of hydrogen-bond acceptors (Lipinski definition) is 6. The van der Waals surface area contributed by atoms with Crippen LogP contribution in [0.4, 0.5) is 11.4 Å². The SMILES string of the molecule is O=[N+]([O-])c1ccc(OP(=S)(c2ccccc2)c2ccccc2)c([N+](=O)[O-])c1. The highest BCUT2D eigenvalue weighted by atomic mass is 32.4. The smallest absolute Gasteiger partial charge is 0.318 e. The van der Waals surface area contributed by atoms with Gasteiger partial charge in [0, 0.05) is 16.7 Å². The molecule has 3 aromatic rings. The van der Waals surface area contributed by atoms with Crippen molar-refractivity contribution in [1.29, 1.82) is 0 Å². The molecule has 3 rings (SSSR count). The quantitative estimate of drug-likeness (QED) is 0.353. The Bertz CT molecular complexity index is 1000. The molecule has 0 saturated carbocycles. The maximum Gasteiger partial charge on any atom is 0.318 e. The predicted molar refractivity (Wildman–Crippen MR) is 107 cm³/mol. The van der Waals surface area contributed by atoms with Gasteiger partial charge in [-0.05, 0) is 17.9 Å². The van der Waals surface area contributed by atoms with Gasteiger partial charge in [-0.15, -0.1) is 0 Å². The summed E-state index contributed by atoms with van der Waals surface area (Å²) >= 11 is 5.88. The van der Waals surface area contributed by atoms with Gasteiger partial charge in [0.25, 0.3) is 5.69 Å². The number of benzene rings is 3. The highest BCUT2D eigenvalue weighted by molar-refractivity contribution is 8.19. The van der Waals surface area contributed by atoms with Crippen LogP contribution in [0.3, 0.4) is 0 Å². The number of nitrogens with zero attached hydrogens (tertiary/aromatic N) is 2. The minimum Gasteiger partial charge on any atom is -0.451 e. The molecule has 0 aliphatic carbocycles. The van der Waals surface area contributed by atoms with Gasteiger partial charge in [0.1, 0.15) is 0 Å². The molecular formula is C18H13N2O5PS. The summed E-state index contributed by atoms with van der Waals surface area (Å²) in [4.78, 5) is 21.0. The van der Waals surface area contributed by atoms with Gasteiger partial charge in [-0.3, -0.25) is 20.2 Å². The van der Waals surface area contributed by atoms with Crippen LogP contribution < -0.4 is 15.1 Å². The van der Waals surface area contributed by atoms with Crippen LogP contribution >= 0.6 is 6.26 Å². The maximum absolute atomic E-state index is 11.4. The fourth-order valence-corrected chi connectivity index (χ4v) is 5.52. The molecule has 0 aliphatic rings. The van der Waals surface area contributed by atoms with Gasteiger partial charge in [-0.2, -0.15) is 0 Å². The van der Waals surface area contributed by atoms with E-state index in [0.29, 0.717) is 0 Å². The van der Waals surface area contributed by atoms with Gasteiger partial charge in [-0.1, -0.05) is 60.7 Å². The number of non-ortho nitro benzene ring substituents is 1. The molecule has 0 N–H and O–H groups in total. The molecule has 0 fully saturated rings. The molecule has 0 spiro atoms. The average Bonchev–Trinajstić information content (AvgIpc) is 2.69. The number of rotatable bonds is 6. The zero-order valence-corrected chi connectivity index (χ0v) is 15.5. The van der Waals surface area contributed by atoms with Crippen LogP contribution in [0.25, 0.3) is 0 Å². The van der Waals surface area contributed by atoms with Crippen molar-refractivity contribution >= 4 is 40.1 Å². The molecule has 0 bridgehead atoms. The number of hydrogen-bond donors (Lipinski definition) is 0. The monoisotopic (exact) mass is 400 g/mol. The third kappa shape index (κ3) is 3.86. The third-order valence-electron chi connectivity index (χ3n) is 3.77. The Morgan fingerprint density at radius 3 is 1.74 bits per heavy atom. The molecule has 136 valence electrons. The zero-order chi connectivity index (χ0) is 19.4. The zero-order valence-electron chi connectivity index (χ0n) is 13.8. The third-order valence-corrected chi connectivity index (χ3v) is 7.67. The van der Waals surface area contributed by atoms with Gasteiger partial charge in [0.05, 0.1) is 15.9 Å². The van der Waals surface area contributed by atoms with Gasteiger partial charge < -0.3 is 4.52 Å². The molecular weight excluding hydrogens is 387 g/mol. The van der Waals surface area contributed by atoms with Crippen molar-refractivity contribution in [2.45, 2.75) is 0 Å². The van der Waals surface area contributed by atoms with E-state index in [0.717, 1.165) is 22.7 Å². The summed E-state index contributed by atoms with van der Waals surface area (Å²) in [6, 6.07) is 21.4. The van der Waals surface area contributed by atoms with Crippen molar-refractivity contribution in [3.8, 4) is 5.75 Å². The van der Waals surface area contributed by atoms with Gasteiger partial charge in [0.15, 0.2) is 6.26 Å². The normalized spacial score (nSPS) is 11.0. The van der Waals surface area contributed by atoms with E-state index in [4.69, 9.17) is 16.3 Å². The molecule has 7 nitrogen and oxygen atoms in total. The predicted octanol–water partition coefficient (Wildman–Crippen LogP) is 3.93. The highest BCUT2D eigenvalue weighted by Gasteiger charge is 2.29. The van der Waals surface area contributed by atoms with Gasteiger partial charge >= 0.3 is 5.69 Å². The van der Waals surface area contributed by atoms with Gasteiger partial charge in [0.2, 0.25) is 5.75 Å². The summed E-state index contributed by atoms with van der Waals surface area (Å²) in [7, 11) is 0. The van der Waals surface area contributed by atoms with Crippen LogP contribution in [0.15, 0.2) is 78.9 Å². The van der Waals surface area contributed by atoms with E-state index in [1.54, 1.807) is 0 Å². The fourth-order valence-electron chi connectivity index (χ4n) is 2.48. The standard InChI is InChI=1S/C18H13N2O5PS/c21-19(22)14-11-12-18(17(13-14)20(23)24)25-26(27,15-7-3-1-4-8-15)16-9-5-2-6-10-16/h1-13H. The number of nitro groups is 2. The molecule has 0 atom stereocenters. The minimum atomic E-state index is -2.89. The minimum absolute atomic E-state index is 0.0957. The Morgan fingerprint density at radius 2 is 1.30 bits per heavy atom. The lowest BCUT2D eigenvalue weighted by Gasteiger charge is -2.24. The first kappa shape index (κ1) is 18.7. The lowest BCUT2D eigenvalue weighted by Crippen LogP contribution is -2.20. The first-order chi connectivity index (χ1) is 12.9. The van der Waals surface area contributed by atoms with Crippen LogP contribution in [-0.4, -0.2) is 9.85 Å². The van der Waals surface area contributed by atoms with Crippen molar-refractivity contribution in [3.63, 3.8) is 0 Å². The summed E-state index contributed by atoms with van der Waals surface area (Å²) in [5, 5.41) is 23.8. The molecule has 0 aromatic heterocycles. The highest BCUT2D eigenvalue weighted by Crippen LogP contribution is 2.48. The molecule has 27 heavy (non-hydrogen) atoms. The summed E-state index contributed by atoms with van der Waals surface area (Å²) in [6.07, 6.45) is -2.89. The van der Waals surface area contributed by atoms with Crippen LogP contribution in [0.1, 0.15) is 0 Å². The van der Waals surface area contributed by atoms with E-state index in [2.05, 4.69) is 0 Å². The van der Waals surface area contributed by atoms with Crippen molar-refractivity contribution in [3.05, 3.63) is 99.1 Å². The Labute approximate surface area is 159 Å². The van der Waals surface area contributed by atoms with Crippen molar-refractivity contribution in [2.24, 2.45) is 0 Å². The molecule has 9 heteroatoms. The van der Waals surface area contributed by atoms with Gasteiger partial charge in [-0.25, -0.2) is 0 Å². The molecule has 3 aromatic carbocycles.